The van der Waals surface area contributed by atoms with Gasteiger partial charge in [-0.15, -0.1) is 0 Å². The number of aromatic amines is 1. The summed E-state index contributed by atoms with van der Waals surface area (Å²) < 4.78 is 50.6. The summed E-state index contributed by atoms with van der Waals surface area (Å²) >= 11 is 0. The molecule has 6 atom stereocenters. The summed E-state index contributed by atoms with van der Waals surface area (Å²) in [6.45, 7) is -1.05. The van der Waals surface area contributed by atoms with Crippen molar-refractivity contribution >= 4 is 23.5 Å². The topological polar surface area (TPSA) is 264 Å². The van der Waals surface area contributed by atoms with Crippen molar-refractivity contribution < 1.29 is 154 Å². The summed E-state index contributed by atoms with van der Waals surface area (Å²) in [6, 6.07) is 0.920. The Morgan fingerprint density at radius 3 is 2.06 bits per heavy atom. The maximum absolute atomic E-state index is 11.7. The van der Waals surface area contributed by atoms with E-state index in [4.69, 9.17) is 19.4 Å². The van der Waals surface area contributed by atoms with Crippen LogP contribution < -0.4 is 99.9 Å². The smallest absolute Gasteiger partial charge is 1.00 e. The number of hydrogen-bond donors (Lipinski definition) is 7. The van der Waals surface area contributed by atoms with Crippen LogP contribution in [0.2, 0.25) is 0 Å². The third-order valence-electron chi connectivity index (χ3n) is 3.28. The van der Waals surface area contributed by atoms with Crippen LogP contribution in [0.4, 0.5) is 0 Å². The molecule has 0 aromatic carbocycles. The SMILES string of the molecule is O=c1ccn([C@@H]2O[C@H](COP(=O)(O)OP(=O)(O)OP(=O)(O)O)[C@@H](O)[C@H]2O)c(=O)[nH]1.[H-].[H-].[H-].[Na+].[Na+].[Na+]. The molecule has 0 aliphatic carbocycles. The zero-order chi connectivity index (χ0) is 22.2. The van der Waals surface area contributed by atoms with E-state index in [-0.39, 0.29) is 93.0 Å². The fourth-order valence-corrected chi connectivity index (χ4v) is 5.23. The maximum Gasteiger partial charge on any atom is 1.00 e. The van der Waals surface area contributed by atoms with Gasteiger partial charge in [-0.1, -0.05) is 0 Å². The van der Waals surface area contributed by atoms with Crippen LogP contribution in [0, 0.1) is 0 Å². The number of hydrogen-bond acceptors (Lipinski definition) is 11. The molecule has 0 amide bonds. The molecule has 1 aromatic heterocycles. The molecule has 7 N–H and O–H groups in total. The van der Waals surface area contributed by atoms with Gasteiger partial charge in [-0.05, 0) is 0 Å². The molecule has 32 heavy (non-hydrogen) atoms. The molecule has 2 rings (SSSR count). The summed E-state index contributed by atoms with van der Waals surface area (Å²) in [6.07, 6.45) is -5.70. The van der Waals surface area contributed by atoms with Gasteiger partial charge in [0.05, 0.1) is 6.61 Å². The van der Waals surface area contributed by atoms with Gasteiger partial charge in [0, 0.05) is 12.3 Å². The van der Waals surface area contributed by atoms with Crippen molar-refractivity contribution in [2.24, 2.45) is 0 Å². The number of ether oxygens (including phenoxy) is 1. The van der Waals surface area contributed by atoms with E-state index in [1.54, 1.807) is 0 Å². The molecule has 1 fully saturated rings. The molecule has 2 heterocycles. The number of nitrogens with one attached hydrogen (secondary N) is 1. The second-order valence-corrected chi connectivity index (χ2v) is 9.87. The number of phosphoric ester groups is 1. The van der Waals surface area contributed by atoms with E-state index in [0.29, 0.717) is 4.57 Å². The molecule has 0 bridgehead atoms. The Hall–Kier alpha value is 1.97. The van der Waals surface area contributed by atoms with Gasteiger partial charge in [0.2, 0.25) is 0 Å². The van der Waals surface area contributed by atoms with Crippen LogP contribution in [0.3, 0.4) is 0 Å². The van der Waals surface area contributed by atoms with Gasteiger partial charge in [-0.2, -0.15) is 8.62 Å². The Labute approximate surface area is 249 Å². The molecular formula is C9H18N2Na3O15P3. The van der Waals surface area contributed by atoms with Crippen molar-refractivity contribution in [1.29, 1.82) is 0 Å². The molecule has 1 aromatic rings. The average Bonchev–Trinajstić information content (AvgIpc) is 2.78. The van der Waals surface area contributed by atoms with E-state index in [9.17, 15) is 38.4 Å². The van der Waals surface area contributed by atoms with Crippen molar-refractivity contribution in [3.8, 4) is 0 Å². The Balaban J connectivity index is -0.000000500. The molecule has 23 heteroatoms. The fourth-order valence-electron chi connectivity index (χ4n) is 2.20. The zero-order valence-corrected chi connectivity index (χ0v) is 25.5. The number of phosphoric acid groups is 3. The Morgan fingerprint density at radius 1 is 1.00 bits per heavy atom. The summed E-state index contributed by atoms with van der Waals surface area (Å²) in [5, 5.41) is 19.9. The quantitative estimate of drug-likeness (QED) is 0.116. The van der Waals surface area contributed by atoms with E-state index in [0.717, 1.165) is 12.3 Å². The normalized spacial score (nSPS) is 26.6. The van der Waals surface area contributed by atoms with Crippen molar-refractivity contribution in [3.63, 3.8) is 0 Å². The molecule has 172 valence electrons. The van der Waals surface area contributed by atoms with Crippen LogP contribution in [-0.4, -0.2) is 64.3 Å². The molecular weight excluding hydrogens is 538 g/mol. The summed E-state index contributed by atoms with van der Waals surface area (Å²) in [5.74, 6) is 0. The number of aromatic nitrogens is 2. The number of aliphatic hydroxyl groups is 2. The molecule has 1 aliphatic heterocycles. The van der Waals surface area contributed by atoms with Crippen molar-refractivity contribution in [2.45, 2.75) is 24.5 Å². The van der Waals surface area contributed by atoms with E-state index in [1.165, 1.54) is 0 Å². The van der Waals surface area contributed by atoms with Gasteiger partial charge < -0.3 is 38.8 Å². The second kappa shape index (κ2) is 14.1. The van der Waals surface area contributed by atoms with Crippen molar-refractivity contribution in [1.82, 2.24) is 9.55 Å². The van der Waals surface area contributed by atoms with Gasteiger partial charge in [-0.3, -0.25) is 18.9 Å². The van der Waals surface area contributed by atoms with Crippen LogP contribution in [0.25, 0.3) is 0 Å². The molecule has 1 aliphatic rings. The Bertz CT molecular complexity index is 1030. The van der Waals surface area contributed by atoms with Gasteiger partial charge in [0.15, 0.2) is 6.23 Å². The molecule has 0 radical (unpaired) electrons. The van der Waals surface area contributed by atoms with E-state index in [1.807, 2.05) is 4.98 Å². The monoisotopic (exact) mass is 556 g/mol. The zero-order valence-electron chi connectivity index (χ0n) is 19.8. The second-order valence-electron chi connectivity index (χ2n) is 5.45. The summed E-state index contributed by atoms with van der Waals surface area (Å²) in [5.41, 5.74) is -1.74. The first-order valence-corrected chi connectivity index (χ1v) is 11.7. The first kappa shape index (κ1) is 36.1. The number of aliphatic hydroxyl groups excluding tert-OH is 2. The minimum atomic E-state index is -5.73. The molecule has 2 unspecified atom stereocenters. The van der Waals surface area contributed by atoms with Crippen LogP contribution in [-0.2, 0) is 31.6 Å². The average molecular weight is 556 g/mol. The van der Waals surface area contributed by atoms with Gasteiger partial charge >= 0.3 is 118 Å². The predicted molar refractivity (Wildman–Crippen MR) is 90.4 cm³/mol. The van der Waals surface area contributed by atoms with Crippen LogP contribution in [0.1, 0.15) is 10.5 Å². The van der Waals surface area contributed by atoms with Crippen molar-refractivity contribution in [3.05, 3.63) is 33.1 Å². The molecule has 0 spiro atoms. The first-order chi connectivity index (χ1) is 13.1. The van der Waals surface area contributed by atoms with Crippen LogP contribution in [0.5, 0.6) is 0 Å². The molecule has 0 saturated carbocycles. The maximum atomic E-state index is 11.7. The van der Waals surface area contributed by atoms with E-state index >= 15 is 0 Å². The summed E-state index contributed by atoms with van der Waals surface area (Å²) in [4.78, 5) is 59.9. The predicted octanol–water partition coefficient (Wildman–Crippen LogP) is -11.2. The minimum absolute atomic E-state index is 0. The fraction of sp³-hybridized carbons (Fsp3) is 0.556. The van der Waals surface area contributed by atoms with E-state index in [2.05, 4.69) is 13.1 Å². The number of nitrogens with zero attached hydrogens (tertiary/aromatic N) is 1. The minimum Gasteiger partial charge on any atom is -1.00 e. The number of H-pyrrole nitrogens is 1. The Kier molecular flexibility index (Phi) is 15.9. The van der Waals surface area contributed by atoms with Crippen LogP contribution >= 0.6 is 23.5 Å². The first-order valence-electron chi connectivity index (χ1n) is 7.22. The third-order valence-corrected chi connectivity index (χ3v) is 7.08. The van der Waals surface area contributed by atoms with Gasteiger partial charge in [0.25, 0.3) is 5.56 Å². The van der Waals surface area contributed by atoms with Gasteiger partial charge in [-0.25, -0.2) is 18.5 Å². The van der Waals surface area contributed by atoms with Crippen LogP contribution in [0.15, 0.2) is 21.9 Å². The largest absolute Gasteiger partial charge is 1.00 e. The molecule has 1 saturated heterocycles. The molecule has 17 nitrogen and oxygen atoms in total. The van der Waals surface area contributed by atoms with E-state index < -0.39 is 65.9 Å². The van der Waals surface area contributed by atoms with Crippen molar-refractivity contribution in [2.75, 3.05) is 6.61 Å². The van der Waals surface area contributed by atoms with Gasteiger partial charge in [0.1, 0.15) is 18.3 Å². The Morgan fingerprint density at radius 2 is 1.56 bits per heavy atom. The number of rotatable bonds is 8. The summed E-state index contributed by atoms with van der Waals surface area (Å²) in [7, 11) is -16.8. The third kappa shape index (κ3) is 10.9. The standard InChI is InChI=1S/C9H15N2O15P3.3Na.3H/c12-5-1-2-11(9(15)10-5)8-7(14)6(13)4(24-8)3-23-28(19,20)26-29(21,22)25-27(16,17)18;;;;;;/h1-2,4,6-8,13-14H,3H2,(H,19,20)(H,21,22)(H,10,12,15)(H2,16,17,18);;;;;;/q;3*+1;3*-1/t4-,6-,7-,8-;;;;;;/m1....../s1.